The molecule has 0 saturated heterocycles. The Morgan fingerprint density at radius 3 is 2.57 bits per heavy atom. The van der Waals surface area contributed by atoms with E-state index in [1.165, 1.54) is 4.68 Å². The van der Waals surface area contributed by atoms with Gasteiger partial charge in [-0.1, -0.05) is 24.3 Å². The molecule has 1 N–H and O–H groups in total. The third-order valence-corrected chi connectivity index (χ3v) is 3.32. The van der Waals surface area contributed by atoms with Crippen molar-refractivity contribution in [1.29, 1.82) is 5.26 Å². The fourth-order valence-electron chi connectivity index (χ4n) is 2.28. The molecule has 5 heteroatoms. The SMILES string of the molecule is Cc1nn(C)c(Oc2cc3ccccc3cc2O)c1C#N. The predicted molar refractivity (Wildman–Crippen MR) is 78.3 cm³/mol. The largest absolute Gasteiger partial charge is 0.504 e. The summed E-state index contributed by atoms with van der Waals surface area (Å²) in [5, 5.41) is 25.3. The normalized spacial score (nSPS) is 10.5. The molecule has 0 radical (unpaired) electrons. The van der Waals surface area contributed by atoms with Crippen molar-refractivity contribution in [2.24, 2.45) is 7.05 Å². The van der Waals surface area contributed by atoms with E-state index in [-0.39, 0.29) is 5.75 Å². The molecule has 1 heterocycles. The number of nitrogens with zero attached hydrogens (tertiary/aromatic N) is 3. The van der Waals surface area contributed by atoms with E-state index >= 15 is 0 Å². The summed E-state index contributed by atoms with van der Waals surface area (Å²) in [6.07, 6.45) is 0. The maximum atomic E-state index is 10.1. The zero-order valence-corrected chi connectivity index (χ0v) is 11.7. The molecule has 0 spiro atoms. The number of hydrogen-bond donors (Lipinski definition) is 1. The van der Waals surface area contributed by atoms with E-state index in [1.54, 1.807) is 26.1 Å². The molecule has 0 aliphatic rings. The number of aryl methyl sites for hydroxylation is 2. The van der Waals surface area contributed by atoms with Crippen LogP contribution in [0.15, 0.2) is 36.4 Å². The van der Waals surface area contributed by atoms with Gasteiger partial charge in [-0.3, -0.25) is 0 Å². The Hall–Kier alpha value is -3.00. The van der Waals surface area contributed by atoms with E-state index in [2.05, 4.69) is 11.2 Å². The van der Waals surface area contributed by atoms with Crippen LogP contribution in [-0.2, 0) is 7.05 Å². The maximum absolute atomic E-state index is 10.1. The van der Waals surface area contributed by atoms with Crippen molar-refractivity contribution >= 4 is 10.8 Å². The summed E-state index contributed by atoms with van der Waals surface area (Å²) >= 11 is 0. The first-order chi connectivity index (χ1) is 10.1. The second-order valence-electron chi connectivity index (χ2n) is 4.77. The zero-order valence-electron chi connectivity index (χ0n) is 11.7. The molecule has 5 nitrogen and oxygen atoms in total. The highest BCUT2D eigenvalue weighted by molar-refractivity contribution is 5.86. The molecule has 0 aliphatic heterocycles. The minimum absolute atomic E-state index is 0.0245. The lowest BCUT2D eigenvalue weighted by Crippen LogP contribution is -1.96. The number of aromatic hydroxyl groups is 1. The molecule has 1 aromatic heterocycles. The highest BCUT2D eigenvalue weighted by Gasteiger charge is 2.17. The number of aromatic nitrogens is 2. The van der Waals surface area contributed by atoms with Crippen molar-refractivity contribution in [3.05, 3.63) is 47.7 Å². The van der Waals surface area contributed by atoms with Gasteiger partial charge in [-0.2, -0.15) is 10.4 Å². The molecule has 3 rings (SSSR count). The highest BCUT2D eigenvalue weighted by Crippen LogP contribution is 2.36. The van der Waals surface area contributed by atoms with Crippen LogP contribution in [0.5, 0.6) is 17.4 Å². The lowest BCUT2D eigenvalue weighted by atomic mass is 10.1. The number of phenolic OH excluding ortho intramolecular Hbond substituents is 1. The van der Waals surface area contributed by atoms with Crippen LogP contribution < -0.4 is 4.74 Å². The average Bonchev–Trinajstić information content (AvgIpc) is 2.73. The van der Waals surface area contributed by atoms with E-state index in [4.69, 9.17) is 4.74 Å². The number of benzene rings is 2. The third kappa shape index (κ3) is 2.17. The Kier molecular flexibility index (Phi) is 2.99. The quantitative estimate of drug-likeness (QED) is 0.781. The maximum Gasteiger partial charge on any atom is 0.236 e. The number of hydrogen-bond acceptors (Lipinski definition) is 4. The van der Waals surface area contributed by atoms with Crippen LogP contribution in [-0.4, -0.2) is 14.9 Å². The average molecular weight is 279 g/mol. The molecule has 0 atom stereocenters. The second kappa shape index (κ2) is 4.84. The molecule has 0 bridgehead atoms. The van der Waals surface area contributed by atoms with Crippen molar-refractivity contribution in [3.63, 3.8) is 0 Å². The van der Waals surface area contributed by atoms with Crippen LogP contribution in [0.3, 0.4) is 0 Å². The van der Waals surface area contributed by atoms with Crippen molar-refractivity contribution in [3.8, 4) is 23.4 Å². The summed E-state index contributed by atoms with van der Waals surface area (Å²) in [4.78, 5) is 0. The molecule has 2 aromatic carbocycles. The standard InChI is InChI=1S/C16H13N3O2/c1-10-13(9-17)16(19(2)18-10)21-15-8-12-6-4-3-5-11(12)7-14(15)20/h3-8,20H,1-2H3. The fourth-order valence-corrected chi connectivity index (χ4v) is 2.28. The van der Waals surface area contributed by atoms with Crippen molar-refractivity contribution in [1.82, 2.24) is 9.78 Å². The Bertz CT molecular complexity index is 875. The van der Waals surface area contributed by atoms with Crippen LogP contribution in [0.25, 0.3) is 10.8 Å². The first kappa shape index (κ1) is 13.0. The topological polar surface area (TPSA) is 71.1 Å². The predicted octanol–water partition coefficient (Wildman–Crippen LogP) is 3.25. The van der Waals surface area contributed by atoms with Crippen molar-refractivity contribution in [2.75, 3.05) is 0 Å². The summed E-state index contributed by atoms with van der Waals surface area (Å²) in [7, 11) is 1.70. The van der Waals surface area contributed by atoms with Gasteiger partial charge in [0, 0.05) is 7.05 Å². The highest BCUT2D eigenvalue weighted by atomic mass is 16.5. The van der Waals surface area contributed by atoms with E-state index in [9.17, 15) is 10.4 Å². The summed E-state index contributed by atoms with van der Waals surface area (Å²) in [5.41, 5.74) is 0.959. The molecule has 0 aliphatic carbocycles. The van der Waals surface area contributed by atoms with Gasteiger partial charge in [0.1, 0.15) is 11.6 Å². The van der Waals surface area contributed by atoms with E-state index < -0.39 is 0 Å². The lowest BCUT2D eigenvalue weighted by Gasteiger charge is -2.09. The van der Waals surface area contributed by atoms with Crippen LogP contribution in [0.1, 0.15) is 11.3 Å². The fraction of sp³-hybridized carbons (Fsp3) is 0.125. The van der Waals surface area contributed by atoms with Gasteiger partial charge in [-0.05, 0) is 29.8 Å². The number of rotatable bonds is 2. The van der Waals surface area contributed by atoms with Gasteiger partial charge in [-0.25, -0.2) is 4.68 Å². The van der Waals surface area contributed by atoms with Crippen LogP contribution in [0, 0.1) is 18.3 Å². The molecule has 21 heavy (non-hydrogen) atoms. The minimum Gasteiger partial charge on any atom is -0.504 e. The first-order valence-corrected chi connectivity index (χ1v) is 6.43. The van der Waals surface area contributed by atoms with Crippen LogP contribution in [0.2, 0.25) is 0 Å². The van der Waals surface area contributed by atoms with Crippen molar-refractivity contribution in [2.45, 2.75) is 6.92 Å². The number of nitriles is 1. The summed E-state index contributed by atoms with van der Waals surface area (Å²) < 4.78 is 7.21. The third-order valence-electron chi connectivity index (χ3n) is 3.32. The number of phenols is 1. The van der Waals surface area contributed by atoms with Gasteiger partial charge in [0.2, 0.25) is 5.88 Å². The van der Waals surface area contributed by atoms with Gasteiger partial charge in [0.05, 0.1) is 5.69 Å². The Labute approximate surface area is 121 Å². The van der Waals surface area contributed by atoms with Gasteiger partial charge in [0.15, 0.2) is 11.5 Å². The molecular weight excluding hydrogens is 266 g/mol. The van der Waals surface area contributed by atoms with Crippen LogP contribution >= 0.6 is 0 Å². The molecule has 0 saturated carbocycles. The Morgan fingerprint density at radius 2 is 1.90 bits per heavy atom. The smallest absolute Gasteiger partial charge is 0.236 e. The Morgan fingerprint density at radius 1 is 1.24 bits per heavy atom. The molecular formula is C16H13N3O2. The van der Waals surface area contributed by atoms with Gasteiger partial charge in [-0.15, -0.1) is 0 Å². The van der Waals surface area contributed by atoms with Gasteiger partial charge >= 0.3 is 0 Å². The lowest BCUT2D eigenvalue weighted by molar-refractivity contribution is 0.388. The second-order valence-corrected chi connectivity index (χ2v) is 4.77. The molecule has 0 fully saturated rings. The molecule has 0 amide bonds. The number of ether oxygens (including phenoxy) is 1. The zero-order chi connectivity index (χ0) is 15.0. The molecule has 0 unspecified atom stereocenters. The summed E-state index contributed by atoms with van der Waals surface area (Å²) in [6.45, 7) is 1.74. The number of fused-ring (bicyclic) bond motifs is 1. The van der Waals surface area contributed by atoms with Crippen molar-refractivity contribution < 1.29 is 9.84 Å². The monoisotopic (exact) mass is 279 g/mol. The summed E-state index contributed by atoms with van der Waals surface area (Å²) in [6, 6.07) is 13.1. The summed E-state index contributed by atoms with van der Waals surface area (Å²) in [5.74, 6) is 0.644. The minimum atomic E-state index is 0.0245. The van der Waals surface area contributed by atoms with Crippen LogP contribution in [0.4, 0.5) is 0 Å². The van der Waals surface area contributed by atoms with E-state index in [1.807, 2.05) is 24.3 Å². The van der Waals surface area contributed by atoms with E-state index in [0.717, 1.165) is 10.8 Å². The van der Waals surface area contributed by atoms with Gasteiger partial charge in [0.25, 0.3) is 0 Å². The first-order valence-electron chi connectivity index (χ1n) is 6.43. The molecule has 104 valence electrons. The molecule has 3 aromatic rings. The Balaban J connectivity index is 2.10. The van der Waals surface area contributed by atoms with Gasteiger partial charge < -0.3 is 9.84 Å². The van der Waals surface area contributed by atoms with E-state index in [0.29, 0.717) is 22.9 Å².